The Hall–Kier alpha value is -1.44. The molecule has 0 radical (unpaired) electrons. The number of nitrogens with zero attached hydrogens (tertiary/aromatic N) is 1. The normalized spacial score (nSPS) is 17.5. The Bertz CT molecular complexity index is 430. The third-order valence-electron chi connectivity index (χ3n) is 3.02. The van der Waals surface area contributed by atoms with Crippen LogP contribution in [-0.4, -0.2) is 12.0 Å². The molecule has 0 amide bonds. The molecule has 0 saturated carbocycles. The smallest absolute Gasteiger partial charge is 0.150 e. The lowest BCUT2D eigenvalue weighted by atomic mass is 9.82. The zero-order valence-corrected chi connectivity index (χ0v) is 8.66. The van der Waals surface area contributed by atoms with E-state index < -0.39 is 0 Å². The molecule has 1 aromatic rings. The Morgan fingerprint density at radius 2 is 2.07 bits per heavy atom. The van der Waals surface area contributed by atoms with E-state index in [0.717, 1.165) is 28.8 Å². The van der Waals surface area contributed by atoms with Gasteiger partial charge in [0.15, 0.2) is 0 Å². The number of carbonyl (C=O) groups is 1. The molecule has 0 bridgehead atoms. The highest BCUT2D eigenvalue weighted by atomic mass is 16.1. The average molecular weight is 187 g/mol. The van der Waals surface area contributed by atoms with Crippen LogP contribution in [0, 0.1) is 0 Å². The van der Waals surface area contributed by atoms with Gasteiger partial charge in [-0.3, -0.25) is 9.79 Å². The van der Waals surface area contributed by atoms with E-state index in [9.17, 15) is 4.79 Å². The molecule has 0 spiro atoms. The molecule has 0 unspecified atom stereocenters. The maximum absolute atomic E-state index is 10.7. The average Bonchev–Trinajstić information content (AvgIpc) is 2.38. The third kappa shape index (κ3) is 1.10. The van der Waals surface area contributed by atoms with Crippen LogP contribution in [0.3, 0.4) is 0 Å². The van der Waals surface area contributed by atoms with Crippen molar-refractivity contribution in [2.24, 2.45) is 4.99 Å². The first kappa shape index (κ1) is 9.13. The summed E-state index contributed by atoms with van der Waals surface area (Å²) in [7, 11) is 0. The van der Waals surface area contributed by atoms with Gasteiger partial charge in [0.05, 0.1) is 5.69 Å². The summed E-state index contributed by atoms with van der Waals surface area (Å²) in [4.78, 5) is 15.1. The summed E-state index contributed by atoms with van der Waals surface area (Å²) in [5, 5.41) is 0. The van der Waals surface area contributed by atoms with E-state index in [2.05, 4.69) is 18.8 Å². The Morgan fingerprint density at radius 1 is 1.36 bits per heavy atom. The summed E-state index contributed by atoms with van der Waals surface area (Å²) in [6.45, 7) is 6.29. The van der Waals surface area contributed by atoms with Crippen molar-refractivity contribution in [3.63, 3.8) is 0 Å². The minimum Gasteiger partial charge on any atom is -0.298 e. The van der Waals surface area contributed by atoms with Gasteiger partial charge in [-0.05, 0) is 30.7 Å². The molecule has 0 N–H and O–H groups in total. The highest BCUT2D eigenvalue weighted by molar-refractivity contribution is 6.00. The van der Waals surface area contributed by atoms with E-state index in [1.165, 1.54) is 0 Å². The van der Waals surface area contributed by atoms with Crippen LogP contribution in [0.4, 0.5) is 5.69 Å². The topological polar surface area (TPSA) is 29.4 Å². The molecule has 14 heavy (non-hydrogen) atoms. The van der Waals surface area contributed by atoms with Crippen molar-refractivity contribution in [1.29, 1.82) is 0 Å². The lowest BCUT2D eigenvalue weighted by Crippen LogP contribution is -2.22. The molecule has 1 heterocycles. The standard InChI is InChI=1S/C12H13NO/c1-8-12(2,3)10-6-9(7-14)4-5-11(10)13-8/h4-7H,1-3H3. The number of aldehydes is 1. The Morgan fingerprint density at radius 3 is 2.71 bits per heavy atom. The van der Waals surface area contributed by atoms with Crippen LogP contribution < -0.4 is 0 Å². The van der Waals surface area contributed by atoms with Crippen molar-refractivity contribution in [2.45, 2.75) is 26.2 Å². The fraction of sp³-hybridized carbons (Fsp3) is 0.333. The maximum atomic E-state index is 10.7. The second-order valence-corrected chi connectivity index (χ2v) is 4.22. The van der Waals surface area contributed by atoms with Gasteiger partial charge in [-0.1, -0.05) is 13.8 Å². The predicted octanol–water partition coefficient (Wildman–Crippen LogP) is 2.88. The van der Waals surface area contributed by atoms with Crippen molar-refractivity contribution in [3.8, 4) is 0 Å². The Balaban J connectivity index is 2.63. The molecule has 72 valence electrons. The minimum atomic E-state index is -0.0334. The number of benzene rings is 1. The van der Waals surface area contributed by atoms with E-state index in [4.69, 9.17) is 0 Å². The lowest BCUT2D eigenvalue weighted by molar-refractivity contribution is 0.112. The van der Waals surface area contributed by atoms with E-state index in [1.807, 2.05) is 25.1 Å². The first-order chi connectivity index (χ1) is 6.55. The summed E-state index contributed by atoms with van der Waals surface area (Å²) in [5.74, 6) is 0. The van der Waals surface area contributed by atoms with Crippen molar-refractivity contribution in [3.05, 3.63) is 29.3 Å². The first-order valence-electron chi connectivity index (χ1n) is 4.71. The quantitative estimate of drug-likeness (QED) is 0.621. The fourth-order valence-electron chi connectivity index (χ4n) is 1.74. The zero-order valence-electron chi connectivity index (χ0n) is 8.66. The number of hydrogen-bond acceptors (Lipinski definition) is 2. The van der Waals surface area contributed by atoms with Crippen molar-refractivity contribution in [1.82, 2.24) is 0 Å². The van der Waals surface area contributed by atoms with Crippen LogP contribution >= 0.6 is 0 Å². The maximum Gasteiger partial charge on any atom is 0.150 e. The van der Waals surface area contributed by atoms with Crippen LogP contribution in [0.1, 0.15) is 36.7 Å². The predicted molar refractivity (Wildman–Crippen MR) is 57.6 cm³/mol. The number of aliphatic imine (C=N–C) groups is 1. The van der Waals surface area contributed by atoms with Gasteiger partial charge >= 0.3 is 0 Å². The molecule has 2 heteroatoms. The second kappa shape index (κ2) is 2.77. The fourth-order valence-corrected chi connectivity index (χ4v) is 1.74. The van der Waals surface area contributed by atoms with E-state index in [-0.39, 0.29) is 5.41 Å². The number of rotatable bonds is 1. The van der Waals surface area contributed by atoms with Crippen LogP contribution in [0.15, 0.2) is 23.2 Å². The van der Waals surface area contributed by atoms with Gasteiger partial charge < -0.3 is 0 Å². The molecule has 0 fully saturated rings. The van der Waals surface area contributed by atoms with Crippen LogP contribution in [0.25, 0.3) is 0 Å². The molecule has 0 aliphatic carbocycles. The van der Waals surface area contributed by atoms with Crippen LogP contribution in [0.5, 0.6) is 0 Å². The van der Waals surface area contributed by atoms with Crippen molar-refractivity contribution >= 4 is 17.7 Å². The molecule has 1 aliphatic rings. The molecule has 0 saturated heterocycles. The third-order valence-corrected chi connectivity index (χ3v) is 3.02. The highest BCUT2D eigenvalue weighted by Crippen LogP contribution is 2.39. The Kier molecular flexibility index (Phi) is 1.81. The monoisotopic (exact) mass is 187 g/mol. The summed E-state index contributed by atoms with van der Waals surface area (Å²) < 4.78 is 0. The minimum absolute atomic E-state index is 0.0334. The molecular formula is C12H13NO. The van der Waals surface area contributed by atoms with Crippen molar-refractivity contribution < 1.29 is 4.79 Å². The molecule has 2 nitrogen and oxygen atoms in total. The van der Waals surface area contributed by atoms with Crippen LogP contribution in [-0.2, 0) is 5.41 Å². The molecule has 1 aliphatic heterocycles. The summed E-state index contributed by atoms with van der Waals surface area (Å²) in [6, 6.07) is 5.66. The Labute approximate surface area is 83.7 Å². The molecule has 0 atom stereocenters. The van der Waals surface area contributed by atoms with Crippen molar-refractivity contribution in [2.75, 3.05) is 0 Å². The number of fused-ring (bicyclic) bond motifs is 1. The summed E-state index contributed by atoms with van der Waals surface area (Å²) in [6.07, 6.45) is 0.879. The van der Waals surface area contributed by atoms with Gasteiger partial charge in [0.1, 0.15) is 6.29 Å². The van der Waals surface area contributed by atoms with E-state index in [0.29, 0.717) is 0 Å². The van der Waals surface area contributed by atoms with E-state index >= 15 is 0 Å². The molecule has 2 rings (SSSR count). The number of carbonyl (C=O) groups excluding carboxylic acids is 1. The summed E-state index contributed by atoms with van der Waals surface area (Å²) >= 11 is 0. The van der Waals surface area contributed by atoms with Gasteiger partial charge in [-0.15, -0.1) is 0 Å². The number of hydrogen-bond donors (Lipinski definition) is 0. The second-order valence-electron chi connectivity index (χ2n) is 4.22. The first-order valence-corrected chi connectivity index (χ1v) is 4.71. The zero-order chi connectivity index (χ0) is 10.3. The van der Waals surface area contributed by atoms with Gasteiger partial charge in [0, 0.05) is 16.7 Å². The highest BCUT2D eigenvalue weighted by Gasteiger charge is 2.31. The lowest BCUT2D eigenvalue weighted by Gasteiger charge is -2.19. The molecular weight excluding hydrogens is 174 g/mol. The largest absolute Gasteiger partial charge is 0.298 e. The van der Waals surface area contributed by atoms with E-state index in [1.54, 1.807) is 0 Å². The van der Waals surface area contributed by atoms with Gasteiger partial charge in [-0.2, -0.15) is 0 Å². The summed E-state index contributed by atoms with van der Waals surface area (Å²) in [5.41, 5.74) is 3.95. The van der Waals surface area contributed by atoms with Gasteiger partial charge in [0.25, 0.3) is 0 Å². The van der Waals surface area contributed by atoms with Gasteiger partial charge in [0.2, 0.25) is 0 Å². The molecule has 1 aromatic carbocycles. The SMILES string of the molecule is CC1=Nc2ccc(C=O)cc2C1(C)C. The van der Waals surface area contributed by atoms with Crippen LogP contribution in [0.2, 0.25) is 0 Å². The molecule has 0 aromatic heterocycles. The van der Waals surface area contributed by atoms with Gasteiger partial charge in [-0.25, -0.2) is 0 Å².